The fourth-order valence-corrected chi connectivity index (χ4v) is 3.77. The molecule has 14 heteroatoms. The predicted octanol–water partition coefficient (Wildman–Crippen LogP) is 1.64. The predicted molar refractivity (Wildman–Crippen MR) is 126 cm³/mol. The molecule has 3 rings (SSSR count). The molecular formula is C20H23BrN6O6S. The van der Waals surface area contributed by atoms with Gasteiger partial charge < -0.3 is 18.9 Å². The molecule has 0 aliphatic carbocycles. The third kappa shape index (κ3) is 7.30. The number of halogens is 1. The minimum absolute atomic E-state index is 0.0195. The molecule has 2 aromatic heterocycles. The van der Waals surface area contributed by atoms with Gasteiger partial charge in [0.25, 0.3) is 10.2 Å². The Hall–Kier alpha value is -2.91. The van der Waals surface area contributed by atoms with Gasteiger partial charge in [0.05, 0.1) is 43.4 Å². The molecule has 3 N–H and O–H groups in total. The minimum Gasteiger partial charge on any atom is -0.494 e. The SMILES string of the molecule is COCC(NS(N)(=O)=O)c1ncnc(OCCOc2ncc(OC)cn2)c1-c1ccc(Br)cc1. The van der Waals surface area contributed by atoms with E-state index in [-0.39, 0.29) is 31.7 Å². The van der Waals surface area contributed by atoms with E-state index < -0.39 is 16.3 Å². The maximum Gasteiger partial charge on any atom is 0.316 e. The highest BCUT2D eigenvalue weighted by Gasteiger charge is 2.25. The number of methoxy groups -OCH3 is 2. The zero-order valence-electron chi connectivity index (χ0n) is 18.3. The zero-order valence-corrected chi connectivity index (χ0v) is 20.7. The van der Waals surface area contributed by atoms with Gasteiger partial charge in [-0.05, 0) is 17.7 Å². The van der Waals surface area contributed by atoms with E-state index in [0.29, 0.717) is 22.6 Å². The molecule has 0 saturated heterocycles. The summed E-state index contributed by atoms with van der Waals surface area (Å²) in [5.74, 6) is 0.735. The van der Waals surface area contributed by atoms with Gasteiger partial charge in [0.2, 0.25) is 5.88 Å². The van der Waals surface area contributed by atoms with E-state index in [1.807, 2.05) is 24.3 Å². The smallest absolute Gasteiger partial charge is 0.316 e. The van der Waals surface area contributed by atoms with E-state index in [1.165, 1.54) is 32.9 Å². The highest BCUT2D eigenvalue weighted by molar-refractivity contribution is 9.10. The lowest BCUT2D eigenvalue weighted by atomic mass is 10.0. The van der Waals surface area contributed by atoms with Gasteiger partial charge >= 0.3 is 6.01 Å². The average molecular weight is 555 g/mol. The van der Waals surface area contributed by atoms with Gasteiger partial charge in [0, 0.05) is 11.6 Å². The van der Waals surface area contributed by atoms with Crippen LogP contribution in [0.15, 0.2) is 47.5 Å². The minimum atomic E-state index is -4.05. The summed E-state index contributed by atoms with van der Waals surface area (Å²) in [6.07, 6.45) is 4.24. The number of hydrogen-bond acceptors (Lipinski definition) is 10. The van der Waals surface area contributed by atoms with Crippen LogP contribution in [0, 0.1) is 0 Å². The molecule has 1 aromatic carbocycles. The van der Waals surface area contributed by atoms with Crippen molar-refractivity contribution in [1.82, 2.24) is 24.7 Å². The number of rotatable bonds is 12. The van der Waals surface area contributed by atoms with Gasteiger partial charge in [-0.1, -0.05) is 28.1 Å². The topological polar surface area (TPSA) is 161 Å². The second kappa shape index (κ2) is 12.0. The standard InChI is InChI=1S/C20H23BrN6O6S/c1-30-11-16(27-34(22,28)29)18-17(13-3-5-14(21)6-4-13)19(26-12-25-18)32-7-8-33-20-23-9-15(31-2)10-24-20/h3-6,9-10,12,16,27H,7-8,11H2,1-2H3,(H2,22,28,29). The van der Waals surface area contributed by atoms with Gasteiger partial charge in [-0.15, -0.1) is 0 Å². The summed E-state index contributed by atoms with van der Waals surface area (Å²) in [5, 5.41) is 5.21. The monoisotopic (exact) mass is 554 g/mol. The second-order valence-electron chi connectivity index (χ2n) is 6.72. The molecular weight excluding hydrogens is 532 g/mol. The van der Waals surface area contributed by atoms with Crippen LogP contribution in [0.4, 0.5) is 0 Å². The van der Waals surface area contributed by atoms with Crippen LogP contribution >= 0.6 is 15.9 Å². The molecule has 0 bridgehead atoms. The number of aromatic nitrogens is 4. The maximum atomic E-state index is 11.7. The maximum absolute atomic E-state index is 11.7. The number of nitrogens with one attached hydrogen (secondary N) is 1. The molecule has 12 nitrogen and oxygen atoms in total. The molecule has 0 aliphatic rings. The summed E-state index contributed by atoms with van der Waals surface area (Å²) in [7, 11) is -1.10. The number of nitrogens with zero attached hydrogens (tertiary/aromatic N) is 4. The highest BCUT2D eigenvalue weighted by Crippen LogP contribution is 2.34. The Kier molecular flexibility index (Phi) is 9.06. The van der Waals surface area contributed by atoms with Crippen molar-refractivity contribution >= 4 is 26.1 Å². The molecule has 2 heterocycles. The van der Waals surface area contributed by atoms with Gasteiger partial charge in [-0.2, -0.15) is 23.1 Å². The van der Waals surface area contributed by atoms with Gasteiger partial charge in [0.1, 0.15) is 19.5 Å². The average Bonchev–Trinajstić information content (AvgIpc) is 2.81. The molecule has 0 amide bonds. The number of benzene rings is 1. The van der Waals surface area contributed by atoms with Crippen LogP contribution in [-0.4, -0.2) is 62.4 Å². The third-order valence-corrected chi connectivity index (χ3v) is 5.48. The molecule has 0 saturated carbocycles. The molecule has 1 unspecified atom stereocenters. The lowest BCUT2D eigenvalue weighted by Crippen LogP contribution is -2.37. The van der Waals surface area contributed by atoms with Crippen LogP contribution in [0.5, 0.6) is 17.6 Å². The van der Waals surface area contributed by atoms with Crippen LogP contribution in [0.2, 0.25) is 0 Å². The van der Waals surface area contributed by atoms with E-state index in [2.05, 4.69) is 40.6 Å². The first-order chi connectivity index (χ1) is 16.3. The van der Waals surface area contributed by atoms with Crippen LogP contribution in [0.25, 0.3) is 11.1 Å². The van der Waals surface area contributed by atoms with Crippen LogP contribution in [0.1, 0.15) is 11.7 Å². The Balaban J connectivity index is 1.86. The Morgan fingerprint density at radius 1 is 1.03 bits per heavy atom. The second-order valence-corrected chi connectivity index (χ2v) is 8.96. The van der Waals surface area contributed by atoms with Crippen molar-refractivity contribution in [2.75, 3.05) is 34.0 Å². The quantitative estimate of drug-likeness (QED) is 0.315. The van der Waals surface area contributed by atoms with Gasteiger partial charge in [-0.3, -0.25) is 0 Å². The van der Waals surface area contributed by atoms with Crippen molar-refractivity contribution in [2.45, 2.75) is 6.04 Å². The van der Waals surface area contributed by atoms with Crippen molar-refractivity contribution in [1.29, 1.82) is 0 Å². The molecule has 0 aliphatic heterocycles. The van der Waals surface area contributed by atoms with Gasteiger partial charge in [-0.25, -0.2) is 15.1 Å². The number of ether oxygens (including phenoxy) is 4. The normalized spacial score (nSPS) is 12.2. The third-order valence-electron chi connectivity index (χ3n) is 4.34. The molecule has 0 fully saturated rings. The van der Waals surface area contributed by atoms with Crippen molar-refractivity contribution in [2.24, 2.45) is 5.14 Å². The van der Waals surface area contributed by atoms with E-state index in [9.17, 15) is 8.42 Å². The first-order valence-corrected chi connectivity index (χ1v) is 12.2. The van der Waals surface area contributed by atoms with Gasteiger partial charge in [0.15, 0.2) is 5.75 Å². The Morgan fingerprint density at radius 3 is 2.32 bits per heavy atom. The van der Waals surface area contributed by atoms with E-state index in [4.69, 9.17) is 24.1 Å². The van der Waals surface area contributed by atoms with Crippen molar-refractivity contribution < 1.29 is 27.4 Å². The summed E-state index contributed by atoms with van der Waals surface area (Å²) in [6, 6.07) is 6.59. The highest BCUT2D eigenvalue weighted by atomic mass is 79.9. The zero-order chi connectivity index (χ0) is 24.6. The first kappa shape index (κ1) is 25.7. The summed E-state index contributed by atoms with van der Waals surface area (Å²) in [4.78, 5) is 16.6. The Labute approximate surface area is 205 Å². The van der Waals surface area contributed by atoms with Crippen LogP contribution in [0.3, 0.4) is 0 Å². The lowest BCUT2D eigenvalue weighted by Gasteiger charge is -2.21. The fourth-order valence-electron chi connectivity index (χ4n) is 2.93. The summed E-state index contributed by atoms with van der Waals surface area (Å²) >= 11 is 3.40. The van der Waals surface area contributed by atoms with E-state index in [0.717, 1.165) is 4.47 Å². The fraction of sp³-hybridized carbons (Fsp3) is 0.300. The summed E-state index contributed by atoms with van der Waals surface area (Å²) in [6.45, 7) is 0.212. The largest absolute Gasteiger partial charge is 0.494 e. The number of nitrogens with two attached hydrogens (primary N) is 1. The molecule has 0 spiro atoms. The Morgan fingerprint density at radius 2 is 1.71 bits per heavy atom. The van der Waals surface area contributed by atoms with E-state index in [1.54, 1.807) is 0 Å². The lowest BCUT2D eigenvalue weighted by molar-refractivity contribution is 0.173. The molecule has 1 atom stereocenters. The molecule has 182 valence electrons. The number of hydrogen-bond donors (Lipinski definition) is 2. The van der Waals surface area contributed by atoms with Crippen LogP contribution < -0.4 is 24.1 Å². The molecule has 3 aromatic rings. The van der Waals surface area contributed by atoms with Crippen molar-refractivity contribution in [3.63, 3.8) is 0 Å². The summed E-state index contributed by atoms with van der Waals surface area (Å²) in [5.41, 5.74) is 1.52. The van der Waals surface area contributed by atoms with Crippen molar-refractivity contribution in [3.8, 4) is 28.8 Å². The van der Waals surface area contributed by atoms with Crippen LogP contribution in [-0.2, 0) is 14.9 Å². The Bertz CT molecular complexity index is 1180. The summed E-state index contributed by atoms with van der Waals surface area (Å²) < 4.78 is 48.3. The van der Waals surface area contributed by atoms with Crippen molar-refractivity contribution in [3.05, 3.63) is 53.2 Å². The molecule has 0 radical (unpaired) electrons. The first-order valence-electron chi connectivity index (χ1n) is 9.82. The van der Waals surface area contributed by atoms with E-state index >= 15 is 0 Å². The molecule has 34 heavy (non-hydrogen) atoms.